The van der Waals surface area contributed by atoms with Crippen LogP contribution >= 0.6 is 0 Å². The molecule has 0 bridgehead atoms. The minimum absolute atomic E-state index is 0.219. The van der Waals surface area contributed by atoms with E-state index < -0.39 is 10.0 Å². The molecule has 1 N–H and O–H groups in total. The summed E-state index contributed by atoms with van der Waals surface area (Å²) in [6.45, 7) is 1.88. The average Bonchev–Trinajstić information content (AvgIpc) is 2.26. The summed E-state index contributed by atoms with van der Waals surface area (Å²) < 4.78 is 24.9. The highest BCUT2D eigenvalue weighted by molar-refractivity contribution is 7.89. The van der Waals surface area contributed by atoms with E-state index in [1.165, 1.54) is 24.6 Å². The molecule has 0 unspecified atom stereocenters. The Labute approximate surface area is 108 Å². The van der Waals surface area contributed by atoms with Crippen molar-refractivity contribution in [2.45, 2.75) is 10.9 Å². The average molecular weight is 270 g/mol. The van der Waals surface area contributed by atoms with Crippen LogP contribution in [0.3, 0.4) is 0 Å². The Morgan fingerprint density at radius 1 is 1.28 bits per heavy atom. The fourth-order valence-corrected chi connectivity index (χ4v) is 2.53. The summed E-state index contributed by atoms with van der Waals surface area (Å²) in [5, 5.41) is 3.19. The molecule has 1 aliphatic heterocycles. The number of nitrogens with zero attached hydrogens (tertiary/aromatic N) is 3. The van der Waals surface area contributed by atoms with Gasteiger partial charge in [0.1, 0.15) is 10.7 Å². The van der Waals surface area contributed by atoms with Crippen molar-refractivity contribution in [1.29, 1.82) is 0 Å². The van der Waals surface area contributed by atoms with Crippen molar-refractivity contribution >= 4 is 15.8 Å². The fourth-order valence-electron chi connectivity index (χ4n) is 1.68. The first kappa shape index (κ1) is 13.3. The number of aromatic nitrogens is 1. The van der Waals surface area contributed by atoms with Crippen molar-refractivity contribution < 1.29 is 8.42 Å². The third kappa shape index (κ3) is 2.33. The fraction of sp³-hybridized carbons (Fsp3) is 0.545. The number of hydrogen-bond acceptors (Lipinski definition) is 5. The number of anilines is 1. The van der Waals surface area contributed by atoms with Gasteiger partial charge in [-0.3, -0.25) is 0 Å². The largest absolute Gasteiger partial charge is 0.354 e. The maximum Gasteiger partial charge on any atom is 0.244 e. The van der Waals surface area contributed by atoms with Gasteiger partial charge in [0.2, 0.25) is 10.0 Å². The van der Waals surface area contributed by atoms with Crippen LogP contribution in [-0.2, 0) is 10.0 Å². The van der Waals surface area contributed by atoms with Crippen molar-refractivity contribution in [1.82, 2.24) is 14.6 Å². The Balaban J connectivity index is 2.20. The van der Waals surface area contributed by atoms with Gasteiger partial charge in [-0.1, -0.05) is 0 Å². The van der Waals surface area contributed by atoms with E-state index >= 15 is 0 Å². The van der Waals surface area contributed by atoms with E-state index in [0.29, 0.717) is 6.04 Å². The van der Waals surface area contributed by atoms with Gasteiger partial charge >= 0.3 is 0 Å². The van der Waals surface area contributed by atoms with Crippen molar-refractivity contribution in [3.05, 3.63) is 18.3 Å². The Morgan fingerprint density at radius 3 is 2.33 bits per heavy atom. The van der Waals surface area contributed by atoms with E-state index in [9.17, 15) is 8.42 Å². The number of hydrogen-bond donors (Lipinski definition) is 1. The highest BCUT2D eigenvalue weighted by Gasteiger charge is 2.23. The second-order valence-corrected chi connectivity index (χ2v) is 6.71. The molecular formula is C11H18N4O2S. The first-order valence-electron chi connectivity index (χ1n) is 5.75. The van der Waals surface area contributed by atoms with E-state index in [1.54, 1.807) is 12.1 Å². The molecule has 1 aliphatic rings. The monoisotopic (exact) mass is 270 g/mol. The van der Waals surface area contributed by atoms with Crippen LogP contribution in [0.2, 0.25) is 0 Å². The minimum atomic E-state index is -3.39. The second kappa shape index (κ2) is 4.83. The SMILES string of the molecule is CN(c1ccc(S(=O)(=O)N(C)C)cn1)C1CNC1. The predicted octanol–water partition coefficient (Wildman–Crippen LogP) is -0.260. The number of pyridine rings is 1. The Morgan fingerprint density at radius 2 is 1.94 bits per heavy atom. The lowest BCUT2D eigenvalue weighted by molar-refractivity contribution is 0.426. The van der Waals surface area contributed by atoms with E-state index in [2.05, 4.69) is 15.2 Å². The summed E-state index contributed by atoms with van der Waals surface area (Å²) >= 11 is 0. The lowest BCUT2D eigenvalue weighted by Gasteiger charge is -2.36. The van der Waals surface area contributed by atoms with Crippen molar-refractivity contribution in [3.63, 3.8) is 0 Å². The molecule has 1 saturated heterocycles. The molecule has 1 aromatic heterocycles. The lowest BCUT2D eigenvalue weighted by atomic mass is 10.1. The van der Waals surface area contributed by atoms with Gasteiger partial charge < -0.3 is 10.2 Å². The normalized spacial score (nSPS) is 16.7. The molecule has 18 heavy (non-hydrogen) atoms. The Bertz CT molecular complexity index is 508. The highest BCUT2D eigenvalue weighted by Crippen LogP contribution is 2.18. The molecule has 6 nitrogen and oxygen atoms in total. The van der Waals surface area contributed by atoms with Crippen molar-refractivity contribution in [3.8, 4) is 0 Å². The van der Waals surface area contributed by atoms with Gasteiger partial charge in [-0.15, -0.1) is 0 Å². The van der Waals surface area contributed by atoms with Gasteiger partial charge in [-0.2, -0.15) is 0 Å². The number of rotatable bonds is 4. The summed E-state index contributed by atoms with van der Waals surface area (Å²) in [5.41, 5.74) is 0. The Hall–Kier alpha value is -1.18. The summed E-state index contributed by atoms with van der Waals surface area (Å²) in [5.74, 6) is 0.791. The van der Waals surface area contributed by atoms with Gasteiger partial charge in [-0.05, 0) is 12.1 Å². The second-order valence-electron chi connectivity index (χ2n) is 4.56. The number of sulfonamides is 1. The minimum Gasteiger partial charge on any atom is -0.354 e. The van der Waals surface area contributed by atoms with Crippen LogP contribution in [0.1, 0.15) is 0 Å². The van der Waals surface area contributed by atoms with Crippen LogP contribution in [0.4, 0.5) is 5.82 Å². The molecule has 2 rings (SSSR count). The summed E-state index contributed by atoms with van der Waals surface area (Å²) in [6.07, 6.45) is 1.41. The predicted molar refractivity (Wildman–Crippen MR) is 70.2 cm³/mol. The zero-order valence-electron chi connectivity index (χ0n) is 10.8. The highest BCUT2D eigenvalue weighted by atomic mass is 32.2. The molecule has 1 fully saturated rings. The molecule has 0 atom stereocenters. The Kier molecular flexibility index (Phi) is 3.56. The third-order valence-electron chi connectivity index (χ3n) is 3.17. The maximum absolute atomic E-state index is 11.9. The van der Waals surface area contributed by atoms with E-state index in [-0.39, 0.29) is 4.90 Å². The zero-order chi connectivity index (χ0) is 13.3. The molecule has 0 saturated carbocycles. The first-order valence-corrected chi connectivity index (χ1v) is 7.19. The van der Waals surface area contributed by atoms with Gasteiger partial charge in [0, 0.05) is 40.4 Å². The molecule has 0 radical (unpaired) electrons. The topological polar surface area (TPSA) is 65.5 Å². The van der Waals surface area contributed by atoms with Crippen LogP contribution in [0, 0.1) is 0 Å². The lowest BCUT2D eigenvalue weighted by Crippen LogP contribution is -2.56. The van der Waals surface area contributed by atoms with Crippen LogP contribution in [0.5, 0.6) is 0 Å². The van der Waals surface area contributed by atoms with Gasteiger partial charge in [0.25, 0.3) is 0 Å². The first-order chi connectivity index (χ1) is 8.43. The smallest absolute Gasteiger partial charge is 0.244 e. The molecule has 0 aliphatic carbocycles. The molecule has 0 spiro atoms. The summed E-state index contributed by atoms with van der Waals surface area (Å²) in [6, 6.07) is 3.78. The van der Waals surface area contributed by atoms with Crippen LogP contribution in [0.15, 0.2) is 23.2 Å². The van der Waals surface area contributed by atoms with Crippen LogP contribution in [0.25, 0.3) is 0 Å². The van der Waals surface area contributed by atoms with E-state index in [1.807, 2.05) is 7.05 Å². The molecule has 2 heterocycles. The van der Waals surface area contributed by atoms with E-state index in [4.69, 9.17) is 0 Å². The van der Waals surface area contributed by atoms with Crippen molar-refractivity contribution in [2.75, 3.05) is 39.1 Å². The van der Waals surface area contributed by atoms with E-state index in [0.717, 1.165) is 18.9 Å². The number of likely N-dealkylation sites (N-methyl/N-ethyl adjacent to an activating group) is 1. The van der Waals surface area contributed by atoms with Crippen LogP contribution in [-0.4, -0.2) is 58.0 Å². The summed E-state index contributed by atoms with van der Waals surface area (Å²) in [4.78, 5) is 6.50. The molecule has 100 valence electrons. The van der Waals surface area contributed by atoms with Gasteiger partial charge in [0.15, 0.2) is 0 Å². The quantitative estimate of drug-likeness (QED) is 0.816. The maximum atomic E-state index is 11.9. The molecule has 7 heteroatoms. The molecular weight excluding hydrogens is 252 g/mol. The van der Waals surface area contributed by atoms with Gasteiger partial charge in [-0.25, -0.2) is 17.7 Å². The van der Waals surface area contributed by atoms with Crippen LogP contribution < -0.4 is 10.2 Å². The molecule has 0 amide bonds. The third-order valence-corrected chi connectivity index (χ3v) is 4.97. The molecule has 1 aromatic rings. The van der Waals surface area contributed by atoms with Gasteiger partial charge in [0.05, 0.1) is 6.04 Å². The number of nitrogens with one attached hydrogen (secondary N) is 1. The van der Waals surface area contributed by atoms with Crippen molar-refractivity contribution in [2.24, 2.45) is 0 Å². The standard InChI is InChI=1S/C11H18N4O2S/c1-14(2)18(16,17)10-4-5-11(13-8-10)15(3)9-6-12-7-9/h4-5,8-9,12H,6-7H2,1-3H3. The molecule has 0 aromatic carbocycles. The summed E-state index contributed by atoms with van der Waals surface area (Å²) in [7, 11) is 1.59. The zero-order valence-corrected chi connectivity index (χ0v) is 11.6.